The van der Waals surface area contributed by atoms with Crippen LogP contribution in [0.2, 0.25) is 0 Å². The number of urea groups is 1. The van der Waals surface area contributed by atoms with E-state index >= 15 is 0 Å². The van der Waals surface area contributed by atoms with Crippen LogP contribution in [-0.2, 0) is 0 Å². The lowest BCUT2D eigenvalue weighted by Crippen LogP contribution is -2.32. The van der Waals surface area contributed by atoms with E-state index in [0.29, 0.717) is 30.3 Å². The van der Waals surface area contributed by atoms with Crippen LogP contribution in [0.1, 0.15) is 11.1 Å². The molecule has 0 heterocycles. The van der Waals surface area contributed by atoms with E-state index in [9.17, 15) is 4.79 Å². The molecule has 0 fully saturated rings. The number of aryl methyl sites for hydroxylation is 2. The van der Waals surface area contributed by atoms with Crippen molar-refractivity contribution in [3.63, 3.8) is 0 Å². The molecule has 0 bridgehead atoms. The molecule has 2 aromatic rings. The Hall–Kier alpha value is -2.89. The lowest BCUT2D eigenvalue weighted by atomic mass is 10.1. The molecule has 134 valence electrons. The SMILES string of the molecule is COc1ccc(NC(=O)NCCOc2ccc(C)c(C)c2)c(OC)c1. The van der Waals surface area contributed by atoms with E-state index in [1.54, 1.807) is 25.3 Å². The Morgan fingerprint density at radius 1 is 0.960 bits per heavy atom. The fourth-order valence-electron chi connectivity index (χ4n) is 2.21. The summed E-state index contributed by atoms with van der Waals surface area (Å²) in [4.78, 5) is 12.0. The van der Waals surface area contributed by atoms with Gasteiger partial charge in [0.05, 0.1) is 26.5 Å². The summed E-state index contributed by atoms with van der Waals surface area (Å²) < 4.78 is 16.0. The predicted octanol–water partition coefficient (Wildman–Crippen LogP) is 3.52. The first kappa shape index (κ1) is 18.4. The lowest BCUT2D eigenvalue weighted by Gasteiger charge is -2.13. The van der Waals surface area contributed by atoms with Gasteiger partial charge in [0.25, 0.3) is 0 Å². The molecular weight excluding hydrogens is 320 g/mol. The number of amides is 2. The molecule has 0 atom stereocenters. The van der Waals surface area contributed by atoms with Crippen molar-refractivity contribution in [3.8, 4) is 17.2 Å². The topological polar surface area (TPSA) is 68.8 Å². The largest absolute Gasteiger partial charge is 0.497 e. The van der Waals surface area contributed by atoms with Gasteiger partial charge in [-0.05, 0) is 49.2 Å². The molecule has 0 saturated carbocycles. The quantitative estimate of drug-likeness (QED) is 0.754. The van der Waals surface area contributed by atoms with Gasteiger partial charge in [0, 0.05) is 6.07 Å². The highest BCUT2D eigenvalue weighted by atomic mass is 16.5. The first-order valence-corrected chi connectivity index (χ1v) is 8.00. The number of rotatable bonds is 7. The van der Waals surface area contributed by atoms with Gasteiger partial charge in [0.1, 0.15) is 23.9 Å². The summed E-state index contributed by atoms with van der Waals surface area (Å²) in [5.41, 5.74) is 2.96. The second kappa shape index (κ2) is 8.82. The molecule has 0 aliphatic carbocycles. The van der Waals surface area contributed by atoms with E-state index in [2.05, 4.69) is 17.6 Å². The molecule has 2 rings (SSSR count). The zero-order valence-electron chi connectivity index (χ0n) is 15.0. The summed E-state index contributed by atoms with van der Waals surface area (Å²) in [7, 11) is 3.11. The van der Waals surface area contributed by atoms with Gasteiger partial charge in [-0.15, -0.1) is 0 Å². The van der Waals surface area contributed by atoms with Crippen LogP contribution in [0, 0.1) is 13.8 Å². The highest BCUT2D eigenvalue weighted by Gasteiger charge is 2.08. The van der Waals surface area contributed by atoms with E-state index in [1.165, 1.54) is 18.2 Å². The smallest absolute Gasteiger partial charge is 0.319 e. The van der Waals surface area contributed by atoms with Gasteiger partial charge in [0.2, 0.25) is 0 Å². The Morgan fingerprint density at radius 2 is 1.72 bits per heavy atom. The molecule has 0 aliphatic rings. The second-order valence-corrected chi connectivity index (χ2v) is 5.54. The standard InChI is InChI=1S/C19H24N2O4/c1-13-5-6-16(11-14(13)2)25-10-9-20-19(22)21-17-8-7-15(23-3)12-18(17)24-4/h5-8,11-12H,9-10H2,1-4H3,(H2,20,21,22). The number of carbonyl (C=O) groups is 1. The average Bonchev–Trinajstić information content (AvgIpc) is 2.62. The molecule has 0 spiro atoms. The maximum atomic E-state index is 12.0. The molecule has 0 saturated heterocycles. The zero-order valence-corrected chi connectivity index (χ0v) is 15.0. The molecule has 2 aromatic carbocycles. The number of carbonyl (C=O) groups excluding carboxylic acids is 1. The fraction of sp³-hybridized carbons (Fsp3) is 0.316. The number of hydrogen-bond acceptors (Lipinski definition) is 4. The van der Waals surface area contributed by atoms with Crippen molar-refractivity contribution in [2.75, 3.05) is 32.7 Å². The van der Waals surface area contributed by atoms with Crippen molar-refractivity contribution in [2.45, 2.75) is 13.8 Å². The minimum absolute atomic E-state index is 0.327. The van der Waals surface area contributed by atoms with Crippen LogP contribution in [0.5, 0.6) is 17.2 Å². The van der Waals surface area contributed by atoms with Crippen molar-refractivity contribution in [3.05, 3.63) is 47.5 Å². The third kappa shape index (κ3) is 5.31. The van der Waals surface area contributed by atoms with Gasteiger partial charge in [-0.1, -0.05) is 6.07 Å². The van der Waals surface area contributed by atoms with E-state index in [0.717, 1.165) is 5.75 Å². The van der Waals surface area contributed by atoms with Crippen LogP contribution >= 0.6 is 0 Å². The normalized spacial score (nSPS) is 10.1. The van der Waals surface area contributed by atoms with Gasteiger partial charge in [-0.2, -0.15) is 0 Å². The lowest BCUT2D eigenvalue weighted by molar-refractivity contribution is 0.247. The number of ether oxygens (including phenoxy) is 3. The Kier molecular flexibility index (Phi) is 6.51. The van der Waals surface area contributed by atoms with Gasteiger partial charge in [-0.25, -0.2) is 4.79 Å². The Labute approximate surface area is 148 Å². The maximum Gasteiger partial charge on any atom is 0.319 e. The van der Waals surface area contributed by atoms with Gasteiger partial charge >= 0.3 is 6.03 Å². The summed E-state index contributed by atoms with van der Waals surface area (Å²) in [5, 5.41) is 5.49. The predicted molar refractivity (Wildman–Crippen MR) is 98.0 cm³/mol. The number of benzene rings is 2. The number of methoxy groups -OCH3 is 2. The van der Waals surface area contributed by atoms with Crippen LogP contribution in [0.15, 0.2) is 36.4 Å². The molecule has 2 N–H and O–H groups in total. The molecule has 0 unspecified atom stereocenters. The summed E-state index contributed by atoms with van der Waals surface area (Å²) in [5.74, 6) is 1.98. The number of hydrogen-bond donors (Lipinski definition) is 2. The third-order valence-corrected chi connectivity index (χ3v) is 3.79. The van der Waals surface area contributed by atoms with Crippen molar-refractivity contribution in [2.24, 2.45) is 0 Å². The Balaban J connectivity index is 1.80. The van der Waals surface area contributed by atoms with E-state index < -0.39 is 0 Å². The van der Waals surface area contributed by atoms with Crippen LogP contribution in [0.4, 0.5) is 10.5 Å². The first-order chi connectivity index (χ1) is 12.0. The summed E-state index contributed by atoms with van der Waals surface area (Å²) in [6.07, 6.45) is 0. The second-order valence-electron chi connectivity index (χ2n) is 5.54. The molecule has 2 amide bonds. The molecular formula is C19H24N2O4. The highest BCUT2D eigenvalue weighted by molar-refractivity contribution is 5.91. The van der Waals surface area contributed by atoms with Gasteiger partial charge < -0.3 is 24.8 Å². The third-order valence-electron chi connectivity index (χ3n) is 3.79. The number of nitrogens with one attached hydrogen (secondary N) is 2. The van der Waals surface area contributed by atoms with Crippen LogP contribution < -0.4 is 24.8 Å². The van der Waals surface area contributed by atoms with Crippen molar-refractivity contribution >= 4 is 11.7 Å². The maximum absolute atomic E-state index is 12.0. The van der Waals surface area contributed by atoms with Crippen molar-refractivity contribution in [1.82, 2.24) is 5.32 Å². The van der Waals surface area contributed by atoms with Gasteiger partial charge in [0.15, 0.2) is 0 Å². The van der Waals surface area contributed by atoms with Crippen molar-refractivity contribution in [1.29, 1.82) is 0 Å². The summed E-state index contributed by atoms with van der Waals surface area (Å²) in [6.45, 7) is 4.86. The molecule has 0 aliphatic heterocycles. The average molecular weight is 344 g/mol. The molecule has 25 heavy (non-hydrogen) atoms. The molecule has 0 radical (unpaired) electrons. The first-order valence-electron chi connectivity index (χ1n) is 8.00. The number of anilines is 1. The molecule has 6 nitrogen and oxygen atoms in total. The van der Waals surface area contributed by atoms with Crippen LogP contribution in [-0.4, -0.2) is 33.4 Å². The zero-order chi connectivity index (χ0) is 18.2. The summed E-state index contributed by atoms with van der Waals surface area (Å²) >= 11 is 0. The highest BCUT2D eigenvalue weighted by Crippen LogP contribution is 2.28. The van der Waals surface area contributed by atoms with Crippen LogP contribution in [0.25, 0.3) is 0 Å². The summed E-state index contributed by atoms with van der Waals surface area (Å²) in [6, 6.07) is 10.8. The minimum atomic E-state index is -0.327. The van der Waals surface area contributed by atoms with Crippen molar-refractivity contribution < 1.29 is 19.0 Å². The fourth-order valence-corrected chi connectivity index (χ4v) is 2.21. The molecule has 0 aromatic heterocycles. The Bertz CT molecular complexity index is 731. The van der Waals surface area contributed by atoms with Gasteiger partial charge in [-0.3, -0.25) is 0 Å². The van der Waals surface area contributed by atoms with E-state index in [4.69, 9.17) is 14.2 Å². The molecule has 6 heteroatoms. The minimum Gasteiger partial charge on any atom is -0.497 e. The van der Waals surface area contributed by atoms with Crippen LogP contribution in [0.3, 0.4) is 0 Å². The monoisotopic (exact) mass is 344 g/mol. The van der Waals surface area contributed by atoms with E-state index in [1.807, 2.05) is 25.1 Å². The van der Waals surface area contributed by atoms with E-state index in [-0.39, 0.29) is 6.03 Å². The Morgan fingerprint density at radius 3 is 2.40 bits per heavy atom.